The summed E-state index contributed by atoms with van der Waals surface area (Å²) in [5, 5.41) is 3.57. The smallest absolute Gasteiger partial charge is 0.193 e. The average molecular weight is 285 g/mol. The van der Waals surface area contributed by atoms with Gasteiger partial charge in [-0.2, -0.15) is 11.8 Å². The molecule has 19 heavy (non-hydrogen) atoms. The van der Waals surface area contributed by atoms with Crippen molar-refractivity contribution in [3.63, 3.8) is 0 Å². The topological polar surface area (TPSA) is 36.9 Å². The molecule has 0 spiro atoms. The van der Waals surface area contributed by atoms with Gasteiger partial charge < -0.3 is 15.0 Å². The van der Waals surface area contributed by atoms with E-state index < -0.39 is 0 Å². The maximum absolute atomic E-state index is 5.25. The van der Waals surface area contributed by atoms with Crippen molar-refractivity contribution in [2.45, 2.75) is 19.3 Å². The van der Waals surface area contributed by atoms with Gasteiger partial charge in [-0.15, -0.1) is 0 Å². The van der Waals surface area contributed by atoms with E-state index >= 15 is 0 Å². The molecule has 5 heteroatoms. The minimum atomic E-state index is 0.662. The quantitative estimate of drug-likeness (QED) is 0.630. The summed E-state index contributed by atoms with van der Waals surface area (Å²) in [4.78, 5) is 6.81. The van der Waals surface area contributed by atoms with Gasteiger partial charge in [0.2, 0.25) is 0 Å². The van der Waals surface area contributed by atoms with Gasteiger partial charge >= 0.3 is 0 Å². The summed E-state index contributed by atoms with van der Waals surface area (Å²) in [5.41, 5.74) is 0. The molecule has 4 nitrogen and oxygen atoms in total. The molecule has 2 rings (SSSR count). The lowest BCUT2D eigenvalue weighted by molar-refractivity contribution is 0.157. The molecular formula is C14H27N3OS. The zero-order valence-corrected chi connectivity index (χ0v) is 13.0. The normalized spacial score (nSPS) is 25.9. The number of ether oxygens (including phenoxy) is 1. The van der Waals surface area contributed by atoms with Crippen LogP contribution in [0.15, 0.2) is 4.99 Å². The van der Waals surface area contributed by atoms with Crippen LogP contribution in [0.1, 0.15) is 19.3 Å². The van der Waals surface area contributed by atoms with Crippen LogP contribution in [-0.2, 0) is 4.74 Å². The SMILES string of the molecule is CN=C(NCC1CCSCC1)N1CCC(COC)C1. The minimum Gasteiger partial charge on any atom is -0.384 e. The number of guanidine groups is 1. The van der Waals surface area contributed by atoms with Gasteiger partial charge in [-0.05, 0) is 36.7 Å². The molecule has 0 amide bonds. The Hall–Kier alpha value is -0.420. The molecule has 2 aliphatic heterocycles. The van der Waals surface area contributed by atoms with Crippen molar-refractivity contribution in [1.29, 1.82) is 0 Å². The van der Waals surface area contributed by atoms with E-state index in [1.54, 1.807) is 7.11 Å². The summed E-state index contributed by atoms with van der Waals surface area (Å²) in [5.74, 6) is 5.22. The van der Waals surface area contributed by atoms with Crippen LogP contribution >= 0.6 is 11.8 Å². The molecule has 1 N–H and O–H groups in total. The van der Waals surface area contributed by atoms with Gasteiger partial charge in [-0.1, -0.05) is 0 Å². The zero-order valence-electron chi connectivity index (χ0n) is 12.2. The summed E-state index contributed by atoms with van der Waals surface area (Å²) in [6.07, 6.45) is 3.91. The Bertz CT molecular complexity index is 292. The maximum Gasteiger partial charge on any atom is 0.193 e. The van der Waals surface area contributed by atoms with E-state index in [1.807, 2.05) is 7.05 Å². The van der Waals surface area contributed by atoms with Crippen LogP contribution in [0.4, 0.5) is 0 Å². The first-order valence-corrected chi connectivity index (χ1v) is 8.51. The summed E-state index contributed by atoms with van der Waals surface area (Å²) < 4.78 is 5.25. The van der Waals surface area contributed by atoms with E-state index in [4.69, 9.17) is 4.74 Å². The van der Waals surface area contributed by atoms with Crippen LogP contribution in [0.5, 0.6) is 0 Å². The van der Waals surface area contributed by atoms with Crippen LogP contribution in [0.2, 0.25) is 0 Å². The van der Waals surface area contributed by atoms with Gasteiger partial charge in [0.05, 0.1) is 6.61 Å². The predicted molar refractivity (Wildman–Crippen MR) is 83.0 cm³/mol. The van der Waals surface area contributed by atoms with E-state index in [1.165, 1.54) is 30.8 Å². The number of methoxy groups -OCH3 is 1. The molecule has 2 aliphatic rings. The molecular weight excluding hydrogens is 258 g/mol. The fourth-order valence-electron chi connectivity index (χ4n) is 2.92. The third-order valence-corrected chi connectivity index (χ3v) is 5.14. The van der Waals surface area contributed by atoms with Crippen LogP contribution < -0.4 is 5.32 Å². The highest BCUT2D eigenvalue weighted by molar-refractivity contribution is 7.99. The fraction of sp³-hybridized carbons (Fsp3) is 0.929. The lowest BCUT2D eigenvalue weighted by Gasteiger charge is -2.26. The minimum absolute atomic E-state index is 0.662. The first-order chi connectivity index (χ1) is 9.33. The fourth-order valence-corrected chi connectivity index (χ4v) is 4.12. The standard InChI is InChI=1S/C14H27N3OS/c1-15-14(16-9-12-4-7-19-8-5-12)17-6-3-13(10-17)11-18-2/h12-13H,3-11H2,1-2H3,(H,15,16). The van der Waals surface area contributed by atoms with Gasteiger partial charge in [0, 0.05) is 39.7 Å². The van der Waals surface area contributed by atoms with Crippen molar-refractivity contribution in [3.8, 4) is 0 Å². The van der Waals surface area contributed by atoms with Crippen LogP contribution in [0.25, 0.3) is 0 Å². The van der Waals surface area contributed by atoms with Gasteiger partial charge in [-0.25, -0.2) is 0 Å². The van der Waals surface area contributed by atoms with Crippen LogP contribution in [0, 0.1) is 11.8 Å². The monoisotopic (exact) mass is 285 g/mol. The number of aliphatic imine (C=N–C) groups is 1. The van der Waals surface area contributed by atoms with Crippen molar-refractivity contribution >= 4 is 17.7 Å². The van der Waals surface area contributed by atoms with E-state index in [2.05, 4.69) is 27.0 Å². The molecule has 2 heterocycles. The first kappa shape index (κ1) is 15.0. The van der Waals surface area contributed by atoms with Gasteiger partial charge in [0.25, 0.3) is 0 Å². The zero-order chi connectivity index (χ0) is 13.5. The second kappa shape index (κ2) is 8.00. The lowest BCUT2D eigenvalue weighted by atomic mass is 10.0. The average Bonchev–Trinajstić information content (AvgIpc) is 2.90. The molecule has 0 aliphatic carbocycles. The Balaban J connectivity index is 1.74. The Kier molecular flexibility index (Phi) is 6.31. The van der Waals surface area contributed by atoms with Crippen molar-refractivity contribution < 1.29 is 4.74 Å². The highest BCUT2D eigenvalue weighted by atomic mass is 32.2. The highest BCUT2D eigenvalue weighted by Crippen LogP contribution is 2.22. The molecule has 2 saturated heterocycles. The molecule has 0 saturated carbocycles. The molecule has 0 bridgehead atoms. The molecule has 0 aromatic rings. The molecule has 110 valence electrons. The number of likely N-dealkylation sites (tertiary alicyclic amines) is 1. The predicted octanol–water partition coefficient (Wildman–Crippen LogP) is 1.67. The molecule has 1 atom stereocenters. The molecule has 0 radical (unpaired) electrons. The Morgan fingerprint density at radius 1 is 1.32 bits per heavy atom. The van der Waals surface area contributed by atoms with E-state index in [0.29, 0.717) is 5.92 Å². The Morgan fingerprint density at radius 2 is 2.11 bits per heavy atom. The van der Waals surface area contributed by atoms with Crippen molar-refractivity contribution in [2.24, 2.45) is 16.8 Å². The van der Waals surface area contributed by atoms with Crippen molar-refractivity contribution in [3.05, 3.63) is 0 Å². The molecule has 1 unspecified atom stereocenters. The van der Waals surface area contributed by atoms with Crippen LogP contribution in [0.3, 0.4) is 0 Å². The molecule has 0 aromatic heterocycles. The lowest BCUT2D eigenvalue weighted by Crippen LogP contribution is -2.42. The van der Waals surface area contributed by atoms with Crippen molar-refractivity contribution in [1.82, 2.24) is 10.2 Å². The third kappa shape index (κ3) is 4.56. The van der Waals surface area contributed by atoms with Gasteiger partial charge in [0.1, 0.15) is 0 Å². The summed E-state index contributed by atoms with van der Waals surface area (Å²) in [6, 6.07) is 0. The summed E-state index contributed by atoms with van der Waals surface area (Å²) in [7, 11) is 3.68. The van der Waals surface area contributed by atoms with Crippen LogP contribution in [-0.4, -0.2) is 62.8 Å². The Morgan fingerprint density at radius 3 is 2.79 bits per heavy atom. The maximum atomic E-state index is 5.25. The second-order valence-electron chi connectivity index (χ2n) is 5.54. The van der Waals surface area contributed by atoms with Gasteiger partial charge in [0.15, 0.2) is 5.96 Å². The second-order valence-corrected chi connectivity index (χ2v) is 6.76. The number of nitrogens with one attached hydrogen (secondary N) is 1. The first-order valence-electron chi connectivity index (χ1n) is 7.35. The number of nitrogens with zero attached hydrogens (tertiary/aromatic N) is 2. The van der Waals surface area contributed by atoms with Crippen molar-refractivity contribution in [2.75, 3.05) is 51.9 Å². The Labute approximate surface area is 121 Å². The van der Waals surface area contributed by atoms with E-state index in [-0.39, 0.29) is 0 Å². The molecule has 0 aromatic carbocycles. The largest absolute Gasteiger partial charge is 0.384 e. The number of thioether (sulfide) groups is 1. The summed E-state index contributed by atoms with van der Waals surface area (Å²) >= 11 is 2.09. The van der Waals surface area contributed by atoms with E-state index in [9.17, 15) is 0 Å². The third-order valence-electron chi connectivity index (χ3n) is 4.09. The van der Waals surface area contributed by atoms with Gasteiger partial charge in [-0.3, -0.25) is 4.99 Å². The summed E-state index contributed by atoms with van der Waals surface area (Å²) in [6.45, 7) is 4.13. The van der Waals surface area contributed by atoms with E-state index in [0.717, 1.165) is 38.1 Å². The molecule has 2 fully saturated rings. The highest BCUT2D eigenvalue weighted by Gasteiger charge is 2.25. The number of rotatable bonds is 4. The number of hydrogen-bond donors (Lipinski definition) is 1. The number of hydrogen-bond acceptors (Lipinski definition) is 3.